The predicted octanol–water partition coefficient (Wildman–Crippen LogP) is 3.86. The summed E-state index contributed by atoms with van der Waals surface area (Å²) in [6.45, 7) is -0.256. The number of amides is 2. The molecular formula is C24H20N2O5. The highest BCUT2D eigenvalue weighted by molar-refractivity contribution is 5.96. The van der Waals surface area contributed by atoms with Gasteiger partial charge in [0.05, 0.1) is 0 Å². The van der Waals surface area contributed by atoms with Crippen molar-refractivity contribution in [3.05, 3.63) is 89.5 Å². The zero-order valence-electron chi connectivity index (χ0n) is 16.5. The Morgan fingerprint density at radius 2 is 1.42 bits per heavy atom. The summed E-state index contributed by atoms with van der Waals surface area (Å²) < 4.78 is 5.49. The first-order valence-electron chi connectivity index (χ1n) is 9.75. The van der Waals surface area contributed by atoms with Crippen molar-refractivity contribution in [2.45, 2.75) is 5.92 Å². The molecule has 1 aliphatic carbocycles. The van der Waals surface area contributed by atoms with E-state index < -0.39 is 24.5 Å². The van der Waals surface area contributed by atoms with Crippen LogP contribution in [0, 0.1) is 0 Å². The van der Waals surface area contributed by atoms with Gasteiger partial charge < -0.3 is 15.2 Å². The molecular weight excluding hydrogens is 396 g/mol. The van der Waals surface area contributed by atoms with Crippen molar-refractivity contribution >= 4 is 23.7 Å². The second kappa shape index (κ2) is 8.71. The number of fused-ring (bicyclic) bond motifs is 3. The molecule has 31 heavy (non-hydrogen) atoms. The molecule has 3 aromatic rings. The minimum atomic E-state index is -1.12. The highest BCUT2D eigenvalue weighted by Gasteiger charge is 2.29. The van der Waals surface area contributed by atoms with Crippen molar-refractivity contribution in [1.82, 2.24) is 5.32 Å². The van der Waals surface area contributed by atoms with E-state index in [1.165, 1.54) is 12.1 Å². The largest absolute Gasteiger partial charge is 0.480 e. The lowest BCUT2D eigenvalue weighted by Crippen LogP contribution is -2.29. The summed E-state index contributed by atoms with van der Waals surface area (Å²) in [5.41, 5.74) is 5.33. The van der Waals surface area contributed by atoms with Gasteiger partial charge in [0.2, 0.25) is 0 Å². The monoisotopic (exact) mass is 416 g/mol. The summed E-state index contributed by atoms with van der Waals surface area (Å²) in [7, 11) is 0. The van der Waals surface area contributed by atoms with Gasteiger partial charge in [-0.2, -0.15) is 0 Å². The molecule has 4 rings (SSSR count). The van der Waals surface area contributed by atoms with Gasteiger partial charge in [-0.3, -0.25) is 14.9 Å². The summed E-state index contributed by atoms with van der Waals surface area (Å²) >= 11 is 0. The van der Waals surface area contributed by atoms with Gasteiger partial charge in [0.25, 0.3) is 5.91 Å². The SMILES string of the molecule is O=C(O)CNC(=O)c1ccc(NC(=O)OCC2c3ccccc3-c3ccccc32)cc1. The molecule has 0 fully saturated rings. The maximum atomic E-state index is 12.3. The van der Waals surface area contributed by atoms with Gasteiger partial charge in [-0.25, -0.2) is 4.79 Å². The average molecular weight is 416 g/mol. The van der Waals surface area contributed by atoms with Crippen LogP contribution in [-0.2, 0) is 9.53 Å². The maximum absolute atomic E-state index is 12.3. The number of rotatable bonds is 6. The van der Waals surface area contributed by atoms with Crippen LogP contribution in [-0.4, -0.2) is 36.2 Å². The van der Waals surface area contributed by atoms with E-state index in [-0.39, 0.29) is 12.5 Å². The molecule has 7 heteroatoms. The third kappa shape index (κ3) is 4.40. The first kappa shape index (κ1) is 20.2. The standard InChI is InChI=1S/C24H20N2O5/c27-22(28)13-25-23(29)15-9-11-16(12-10-15)26-24(30)31-14-21-19-7-3-1-5-17(19)18-6-2-4-8-20(18)21/h1-12,21H,13-14H2,(H,25,29)(H,26,30)(H,27,28). The van der Waals surface area contributed by atoms with Crippen molar-refractivity contribution < 1.29 is 24.2 Å². The molecule has 2 amide bonds. The minimum Gasteiger partial charge on any atom is -0.480 e. The van der Waals surface area contributed by atoms with Gasteiger partial charge in [0.15, 0.2) is 0 Å². The number of carboxylic acid groups (broad SMARTS) is 1. The summed E-state index contributed by atoms with van der Waals surface area (Å²) in [4.78, 5) is 34.7. The van der Waals surface area contributed by atoms with Gasteiger partial charge in [-0.05, 0) is 46.5 Å². The number of nitrogens with one attached hydrogen (secondary N) is 2. The lowest BCUT2D eigenvalue weighted by Gasteiger charge is -2.14. The number of carboxylic acids is 1. The van der Waals surface area contributed by atoms with Gasteiger partial charge in [0, 0.05) is 17.2 Å². The number of ether oxygens (including phenoxy) is 1. The van der Waals surface area contributed by atoms with E-state index in [4.69, 9.17) is 9.84 Å². The lowest BCUT2D eigenvalue weighted by molar-refractivity contribution is -0.135. The Hall–Kier alpha value is -4.13. The van der Waals surface area contributed by atoms with E-state index in [2.05, 4.69) is 34.9 Å². The molecule has 3 aromatic carbocycles. The molecule has 0 radical (unpaired) electrons. The Morgan fingerprint density at radius 3 is 2.00 bits per heavy atom. The zero-order valence-corrected chi connectivity index (χ0v) is 16.5. The van der Waals surface area contributed by atoms with Crippen LogP contribution in [0.25, 0.3) is 11.1 Å². The van der Waals surface area contributed by atoms with Gasteiger partial charge in [0.1, 0.15) is 13.2 Å². The van der Waals surface area contributed by atoms with Gasteiger partial charge >= 0.3 is 12.1 Å². The number of hydrogen-bond donors (Lipinski definition) is 3. The molecule has 0 saturated heterocycles. The van der Waals surface area contributed by atoms with Crippen LogP contribution in [0.1, 0.15) is 27.4 Å². The molecule has 3 N–H and O–H groups in total. The Labute approximate surface area is 178 Å². The topological polar surface area (TPSA) is 105 Å². The van der Waals surface area contributed by atoms with Crippen molar-refractivity contribution in [3.63, 3.8) is 0 Å². The molecule has 7 nitrogen and oxygen atoms in total. The number of aliphatic carboxylic acids is 1. The Kier molecular flexibility index (Phi) is 5.66. The highest BCUT2D eigenvalue weighted by atomic mass is 16.5. The van der Waals surface area contributed by atoms with Crippen LogP contribution in [0.4, 0.5) is 10.5 Å². The third-order valence-corrected chi connectivity index (χ3v) is 5.14. The second-order valence-corrected chi connectivity index (χ2v) is 7.10. The van der Waals surface area contributed by atoms with Crippen LogP contribution in [0.15, 0.2) is 72.8 Å². The molecule has 0 spiro atoms. The summed E-state index contributed by atoms with van der Waals surface area (Å²) in [5.74, 6) is -1.66. The number of benzene rings is 3. The first-order valence-corrected chi connectivity index (χ1v) is 9.75. The number of carbonyl (C=O) groups excluding carboxylic acids is 2. The second-order valence-electron chi connectivity index (χ2n) is 7.10. The van der Waals surface area contributed by atoms with Crippen molar-refractivity contribution in [3.8, 4) is 11.1 Å². The molecule has 1 aliphatic rings. The van der Waals surface area contributed by atoms with E-state index in [1.807, 2.05) is 24.3 Å². The summed E-state index contributed by atoms with van der Waals surface area (Å²) in [6.07, 6.45) is -0.593. The fourth-order valence-corrected chi connectivity index (χ4v) is 3.72. The van der Waals surface area contributed by atoms with E-state index in [9.17, 15) is 14.4 Å². The van der Waals surface area contributed by atoms with E-state index >= 15 is 0 Å². The van der Waals surface area contributed by atoms with Crippen molar-refractivity contribution in [1.29, 1.82) is 0 Å². The Bertz CT molecular complexity index is 1100. The van der Waals surface area contributed by atoms with E-state index in [0.29, 0.717) is 11.3 Å². The number of anilines is 1. The zero-order chi connectivity index (χ0) is 21.8. The van der Waals surface area contributed by atoms with Crippen LogP contribution < -0.4 is 10.6 Å². The molecule has 0 atom stereocenters. The fraction of sp³-hybridized carbons (Fsp3) is 0.125. The van der Waals surface area contributed by atoms with E-state index in [0.717, 1.165) is 22.3 Å². The highest BCUT2D eigenvalue weighted by Crippen LogP contribution is 2.44. The number of hydrogen-bond acceptors (Lipinski definition) is 4. The van der Waals surface area contributed by atoms with Crippen molar-refractivity contribution in [2.75, 3.05) is 18.5 Å². The maximum Gasteiger partial charge on any atom is 0.411 e. The average Bonchev–Trinajstić information content (AvgIpc) is 3.10. The molecule has 156 valence electrons. The normalized spacial score (nSPS) is 11.9. The van der Waals surface area contributed by atoms with Gasteiger partial charge in [-0.1, -0.05) is 48.5 Å². The van der Waals surface area contributed by atoms with Crippen LogP contribution in [0.2, 0.25) is 0 Å². The van der Waals surface area contributed by atoms with Crippen LogP contribution in [0.5, 0.6) is 0 Å². The van der Waals surface area contributed by atoms with E-state index in [1.54, 1.807) is 12.1 Å². The summed E-state index contributed by atoms with van der Waals surface area (Å²) in [5, 5.41) is 13.5. The molecule has 0 unspecified atom stereocenters. The smallest absolute Gasteiger partial charge is 0.411 e. The molecule has 0 bridgehead atoms. The summed E-state index contributed by atoms with van der Waals surface area (Å²) in [6, 6.07) is 22.3. The minimum absolute atomic E-state index is 0.0292. The fourth-order valence-electron chi connectivity index (χ4n) is 3.72. The Balaban J connectivity index is 1.37. The lowest BCUT2D eigenvalue weighted by atomic mass is 9.98. The van der Waals surface area contributed by atoms with Crippen LogP contribution in [0.3, 0.4) is 0 Å². The Morgan fingerprint density at radius 1 is 0.839 bits per heavy atom. The first-order chi connectivity index (χ1) is 15.0. The van der Waals surface area contributed by atoms with Gasteiger partial charge in [-0.15, -0.1) is 0 Å². The predicted molar refractivity (Wildman–Crippen MR) is 115 cm³/mol. The molecule has 0 aromatic heterocycles. The number of carbonyl (C=O) groups is 3. The quantitative estimate of drug-likeness (QED) is 0.566. The molecule has 0 aliphatic heterocycles. The van der Waals surface area contributed by atoms with Crippen molar-refractivity contribution in [2.24, 2.45) is 0 Å². The third-order valence-electron chi connectivity index (χ3n) is 5.14. The van der Waals surface area contributed by atoms with Crippen LogP contribution >= 0.6 is 0 Å². The molecule has 0 heterocycles. The molecule has 0 saturated carbocycles.